The number of nitrogens with two attached hydrogens (primary N) is 1. The fraction of sp³-hybridized carbons (Fsp3) is 0.429. The first kappa shape index (κ1) is 8.73. The van der Waals surface area contributed by atoms with Crippen LogP contribution < -0.4 is 11.1 Å². The summed E-state index contributed by atoms with van der Waals surface area (Å²) in [4.78, 5) is 11.1. The van der Waals surface area contributed by atoms with Gasteiger partial charge in [-0.3, -0.25) is 4.79 Å². The lowest BCUT2D eigenvalue weighted by Gasteiger charge is -2.04. The number of aryl methyl sites for hydroxylation is 1. The van der Waals surface area contributed by atoms with Crippen LogP contribution in [0.2, 0.25) is 0 Å². The summed E-state index contributed by atoms with van der Waals surface area (Å²) in [5.74, 6) is 0.324. The molecule has 0 saturated heterocycles. The fourth-order valence-electron chi connectivity index (χ4n) is 0.665. The van der Waals surface area contributed by atoms with Crippen LogP contribution in [-0.2, 0) is 4.79 Å². The van der Waals surface area contributed by atoms with E-state index in [0.29, 0.717) is 11.4 Å². The summed E-state index contributed by atoms with van der Waals surface area (Å²) in [5, 5.41) is 6.07. The maximum Gasteiger partial charge on any atom is 0.241 e. The number of hydrogen-bond donors (Lipinski definition) is 2. The molecule has 0 aliphatic carbocycles. The molecule has 0 aliphatic heterocycles. The van der Waals surface area contributed by atoms with E-state index in [1.165, 1.54) is 6.20 Å². The predicted molar refractivity (Wildman–Crippen MR) is 43.5 cm³/mol. The van der Waals surface area contributed by atoms with Crippen LogP contribution >= 0.6 is 0 Å². The number of anilines is 1. The van der Waals surface area contributed by atoms with E-state index < -0.39 is 6.04 Å². The van der Waals surface area contributed by atoms with Crippen molar-refractivity contribution in [3.8, 4) is 0 Å². The summed E-state index contributed by atoms with van der Waals surface area (Å²) in [5.41, 5.74) is 5.91. The number of carbonyl (C=O) groups excluding carboxylic acids is 1. The van der Waals surface area contributed by atoms with Gasteiger partial charge in [0.1, 0.15) is 5.69 Å². The summed E-state index contributed by atoms with van der Waals surface area (Å²) < 4.78 is 4.74. The Labute approximate surface area is 69.9 Å². The van der Waals surface area contributed by atoms with Gasteiger partial charge in [-0.25, -0.2) is 0 Å². The quantitative estimate of drug-likeness (QED) is 0.665. The molecule has 1 atom stereocenters. The number of carbonyl (C=O) groups is 1. The van der Waals surface area contributed by atoms with Crippen molar-refractivity contribution >= 4 is 11.6 Å². The van der Waals surface area contributed by atoms with Crippen molar-refractivity contribution in [1.29, 1.82) is 0 Å². The Hall–Kier alpha value is -1.36. The van der Waals surface area contributed by atoms with Gasteiger partial charge in [0.15, 0.2) is 5.76 Å². The van der Waals surface area contributed by atoms with Crippen molar-refractivity contribution in [3.05, 3.63) is 12.0 Å². The molecular weight excluding hydrogens is 158 g/mol. The molecule has 0 saturated carbocycles. The zero-order chi connectivity index (χ0) is 9.14. The van der Waals surface area contributed by atoms with E-state index >= 15 is 0 Å². The van der Waals surface area contributed by atoms with Crippen molar-refractivity contribution in [1.82, 2.24) is 5.16 Å². The highest BCUT2D eigenvalue weighted by Gasteiger charge is 2.10. The summed E-state index contributed by atoms with van der Waals surface area (Å²) in [7, 11) is 0. The minimum Gasteiger partial charge on any atom is -0.359 e. The molecule has 0 bridgehead atoms. The first-order chi connectivity index (χ1) is 5.61. The maximum atomic E-state index is 11.1. The van der Waals surface area contributed by atoms with E-state index in [1.54, 1.807) is 13.8 Å². The van der Waals surface area contributed by atoms with E-state index in [2.05, 4.69) is 10.5 Å². The van der Waals surface area contributed by atoms with Crippen LogP contribution in [0.1, 0.15) is 12.7 Å². The van der Waals surface area contributed by atoms with Crippen molar-refractivity contribution in [2.75, 3.05) is 5.32 Å². The molecule has 66 valence electrons. The van der Waals surface area contributed by atoms with E-state index in [4.69, 9.17) is 10.3 Å². The Balaban J connectivity index is 2.64. The minimum atomic E-state index is -0.528. The van der Waals surface area contributed by atoms with Crippen LogP contribution in [0.15, 0.2) is 10.7 Å². The lowest BCUT2D eigenvalue weighted by molar-refractivity contribution is -0.117. The molecule has 12 heavy (non-hydrogen) atoms. The van der Waals surface area contributed by atoms with Crippen LogP contribution in [0.25, 0.3) is 0 Å². The van der Waals surface area contributed by atoms with Gasteiger partial charge in [0, 0.05) is 0 Å². The molecule has 5 nitrogen and oxygen atoms in total. The molecule has 1 amide bonds. The normalized spacial score (nSPS) is 12.6. The number of rotatable bonds is 2. The molecular formula is C7H11N3O2. The molecule has 1 aromatic heterocycles. The largest absolute Gasteiger partial charge is 0.359 e. The molecule has 1 rings (SSSR count). The lowest BCUT2D eigenvalue weighted by atomic mass is 10.3. The second-order valence-electron chi connectivity index (χ2n) is 2.57. The average Bonchev–Trinajstić information content (AvgIpc) is 2.36. The molecule has 0 unspecified atom stereocenters. The number of aromatic nitrogens is 1. The summed E-state index contributed by atoms with van der Waals surface area (Å²) in [6.07, 6.45) is 1.44. The van der Waals surface area contributed by atoms with Gasteiger partial charge in [0.2, 0.25) is 5.91 Å². The zero-order valence-electron chi connectivity index (χ0n) is 7.00. The summed E-state index contributed by atoms with van der Waals surface area (Å²) >= 11 is 0. The van der Waals surface area contributed by atoms with Gasteiger partial charge < -0.3 is 15.6 Å². The highest BCUT2D eigenvalue weighted by atomic mass is 16.5. The van der Waals surface area contributed by atoms with Gasteiger partial charge in [-0.05, 0) is 13.8 Å². The number of nitrogens with one attached hydrogen (secondary N) is 1. The fourth-order valence-corrected chi connectivity index (χ4v) is 0.665. The van der Waals surface area contributed by atoms with Crippen LogP contribution in [0.5, 0.6) is 0 Å². The molecule has 0 spiro atoms. The van der Waals surface area contributed by atoms with E-state index in [-0.39, 0.29) is 5.91 Å². The Morgan fingerprint density at radius 3 is 2.92 bits per heavy atom. The molecule has 1 aromatic rings. The van der Waals surface area contributed by atoms with Gasteiger partial charge >= 0.3 is 0 Å². The molecule has 0 aliphatic rings. The Bertz CT molecular complexity index is 280. The van der Waals surface area contributed by atoms with E-state index in [9.17, 15) is 4.79 Å². The molecule has 3 N–H and O–H groups in total. The van der Waals surface area contributed by atoms with Gasteiger partial charge in [-0.15, -0.1) is 0 Å². The van der Waals surface area contributed by atoms with Gasteiger partial charge in [0.05, 0.1) is 12.2 Å². The smallest absolute Gasteiger partial charge is 0.241 e. The third-order valence-corrected chi connectivity index (χ3v) is 1.42. The van der Waals surface area contributed by atoms with Gasteiger partial charge in [0.25, 0.3) is 0 Å². The lowest BCUT2D eigenvalue weighted by Crippen LogP contribution is -2.32. The Morgan fingerprint density at radius 2 is 2.50 bits per heavy atom. The summed E-state index contributed by atoms with van der Waals surface area (Å²) in [6, 6.07) is -0.528. The topological polar surface area (TPSA) is 81.2 Å². The van der Waals surface area contributed by atoms with Crippen LogP contribution in [-0.4, -0.2) is 17.1 Å². The number of hydrogen-bond acceptors (Lipinski definition) is 4. The zero-order valence-corrected chi connectivity index (χ0v) is 7.00. The Morgan fingerprint density at radius 1 is 1.83 bits per heavy atom. The summed E-state index contributed by atoms with van der Waals surface area (Å²) in [6.45, 7) is 3.32. The molecule has 0 fully saturated rings. The standard InChI is InChI=1S/C7H11N3O2/c1-4(8)7(11)10-6-3-9-12-5(6)2/h3-4H,8H2,1-2H3,(H,10,11)/t4-/m1/s1. The second kappa shape index (κ2) is 3.36. The second-order valence-corrected chi connectivity index (χ2v) is 2.57. The third-order valence-electron chi connectivity index (χ3n) is 1.42. The molecule has 5 heteroatoms. The first-order valence-corrected chi connectivity index (χ1v) is 3.59. The van der Waals surface area contributed by atoms with Crippen LogP contribution in [0.4, 0.5) is 5.69 Å². The SMILES string of the molecule is Cc1oncc1NC(=O)[C@@H](C)N. The monoisotopic (exact) mass is 169 g/mol. The highest BCUT2D eigenvalue weighted by Crippen LogP contribution is 2.11. The maximum absolute atomic E-state index is 11.1. The molecule has 1 heterocycles. The molecule has 0 radical (unpaired) electrons. The van der Waals surface area contributed by atoms with Gasteiger partial charge in [-0.2, -0.15) is 0 Å². The van der Waals surface area contributed by atoms with E-state index in [1.807, 2.05) is 0 Å². The van der Waals surface area contributed by atoms with E-state index in [0.717, 1.165) is 0 Å². The molecule has 0 aromatic carbocycles. The average molecular weight is 169 g/mol. The van der Waals surface area contributed by atoms with Crippen LogP contribution in [0.3, 0.4) is 0 Å². The minimum absolute atomic E-state index is 0.249. The highest BCUT2D eigenvalue weighted by molar-refractivity contribution is 5.94. The van der Waals surface area contributed by atoms with Crippen molar-refractivity contribution in [3.63, 3.8) is 0 Å². The van der Waals surface area contributed by atoms with Crippen molar-refractivity contribution < 1.29 is 9.32 Å². The first-order valence-electron chi connectivity index (χ1n) is 3.59. The van der Waals surface area contributed by atoms with Gasteiger partial charge in [-0.1, -0.05) is 5.16 Å². The van der Waals surface area contributed by atoms with Crippen molar-refractivity contribution in [2.24, 2.45) is 5.73 Å². The number of amides is 1. The van der Waals surface area contributed by atoms with Crippen LogP contribution in [0, 0.1) is 6.92 Å². The number of nitrogens with zero attached hydrogens (tertiary/aromatic N) is 1. The third kappa shape index (κ3) is 1.82. The predicted octanol–water partition coefficient (Wildman–Crippen LogP) is 0.269. The van der Waals surface area contributed by atoms with Crippen molar-refractivity contribution in [2.45, 2.75) is 19.9 Å². The Kier molecular flexibility index (Phi) is 2.44.